The summed E-state index contributed by atoms with van der Waals surface area (Å²) in [5.41, 5.74) is 10.5. The number of hydrogen-bond acceptors (Lipinski definition) is 1. The van der Waals surface area contributed by atoms with Crippen molar-refractivity contribution in [3.05, 3.63) is 71.3 Å². The minimum Gasteiger partial charge on any atom is -0.324 e. The van der Waals surface area contributed by atoms with Gasteiger partial charge in [0, 0.05) is 6.04 Å². The predicted molar refractivity (Wildman–Crippen MR) is 80.1 cm³/mol. The van der Waals surface area contributed by atoms with Gasteiger partial charge >= 0.3 is 0 Å². The summed E-state index contributed by atoms with van der Waals surface area (Å²) in [7, 11) is 0. The largest absolute Gasteiger partial charge is 0.324 e. The summed E-state index contributed by atoms with van der Waals surface area (Å²) in [5, 5.41) is 0. The maximum Gasteiger partial charge on any atom is 0.0335 e. The molecule has 98 valence electrons. The Morgan fingerprint density at radius 3 is 2.32 bits per heavy atom. The highest BCUT2D eigenvalue weighted by Crippen LogP contribution is 2.38. The molecule has 0 aliphatic heterocycles. The van der Waals surface area contributed by atoms with Crippen molar-refractivity contribution in [2.24, 2.45) is 5.73 Å². The zero-order valence-corrected chi connectivity index (χ0v) is 11.3. The summed E-state index contributed by atoms with van der Waals surface area (Å²) in [6, 6.07) is 19.3. The Bertz CT molecular complexity index is 528. The van der Waals surface area contributed by atoms with Gasteiger partial charge in [0.2, 0.25) is 0 Å². The molecular formula is C18H21N. The predicted octanol–water partition coefficient (Wildman–Crippen LogP) is 4.20. The second kappa shape index (κ2) is 5.58. The first-order valence-corrected chi connectivity index (χ1v) is 7.23. The second-order valence-corrected chi connectivity index (χ2v) is 5.55. The van der Waals surface area contributed by atoms with E-state index >= 15 is 0 Å². The molecule has 0 aromatic heterocycles. The first-order valence-electron chi connectivity index (χ1n) is 7.23. The molecule has 0 heterocycles. The van der Waals surface area contributed by atoms with E-state index in [1.54, 1.807) is 0 Å². The Hall–Kier alpha value is -1.60. The van der Waals surface area contributed by atoms with Crippen LogP contribution in [0.5, 0.6) is 0 Å². The van der Waals surface area contributed by atoms with E-state index in [4.69, 9.17) is 5.73 Å². The standard InChI is InChI=1S/C18H21N/c19-18(15-7-2-1-3-8-15)13-16-9-4-5-12-17(16)14-10-6-11-14/h1-5,7-9,12,14,18H,6,10-11,13,19H2. The van der Waals surface area contributed by atoms with E-state index in [-0.39, 0.29) is 6.04 Å². The molecule has 19 heavy (non-hydrogen) atoms. The first-order chi connectivity index (χ1) is 9.34. The van der Waals surface area contributed by atoms with Crippen LogP contribution in [-0.4, -0.2) is 0 Å². The van der Waals surface area contributed by atoms with E-state index in [2.05, 4.69) is 48.5 Å². The molecule has 3 rings (SSSR count). The van der Waals surface area contributed by atoms with Crippen LogP contribution in [0.15, 0.2) is 54.6 Å². The average Bonchev–Trinajstić information content (AvgIpc) is 2.40. The Labute approximate surface area is 115 Å². The summed E-state index contributed by atoms with van der Waals surface area (Å²) in [6.07, 6.45) is 5.01. The van der Waals surface area contributed by atoms with Crippen LogP contribution in [0, 0.1) is 0 Å². The first kappa shape index (κ1) is 12.4. The molecule has 2 aromatic carbocycles. The zero-order chi connectivity index (χ0) is 13.1. The van der Waals surface area contributed by atoms with Crippen molar-refractivity contribution in [3.8, 4) is 0 Å². The van der Waals surface area contributed by atoms with E-state index in [9.17, 15) is 0 Å². The van der Waals surface area contributed by atoms with Gasteiger partial charge in [-0.25, -0.2) is 0 Å². The van der Waals surface area contributed by atoms with Crippen LogP contribution in [0.4, 0.5) is 0 Å². The van der Waals surface area contributed by atoms with Gasteiger partial charge in [-0.15, -0.1) is 0 Å². The van der Waals surface area contributed by atoms with E-state index in [0.717, 1.165) is 12.3 Å². The van der Waals surface area contributed by atoms with E-state index in [0.29, 0.717) is 0 Å². The maximum atomic E-state index is 6.36. The second-order valence-electron chi connectivity index (χ2n) is 5.55. The van der Waals surface area contributed by atoms with Crippen LogP contribution >= 0.6 is 0 Å². The van der Waals surface area contributed by atoms with Crippen LogP contribution in [0.2, 0.25) is 0 Å². The highest BCUT2D eigenvalue weighted by molar-refractivity contribution is 5.33. The molecule has 0 amide bonds. The minimum atomic E-state index is 0.0995. The molecule has 1 fully saturated rings. The van der Waals surface area contributed by atoms with Crippen LogP contribution in [0.3, 0.4) is 0 Å². The molecule has 1 aliphatic carbocycles. The Morgan fingerprint density at radius 2 is 1.63 bits per heavy atom. The van der Waals surface area contributed by atoms with E-state index < -0.39 is 0 Å². The summed E-state index contributed by atoms with van der Waals surface area (Å²) in [5.74, 6) is 0.777. The fourth-order valence-corrected chi connectivity index (χ4v) is 2.89. The molecule has 1 saturated carbocycles. The Morgan fingerprint density at radius 1 is 0.947 bits per heavy atom. The number of rotatable bonds is 4. The molecule has 1 aliphatic rings. The van der Waals surface area contributed by atoms with Gasteiger partial charge in [-0.2, -0.15) is 0 Å². The molecule has 0 radical (unpaired) electrons. The summed E-state index contributed by atoms with van der Waals surface area (Å²) >= 11 is 0. The van der Waals surface area contributed by atoms with Crippen molar-refractivity contribution in [1.82, 2.24) is 0 Å². The summed E-state index contributed by atoms with van der Waals surface area (Å²) < 4.78 is 0. The molecule has 1 nitrogen and oxygen atoms in total. The normalized spacial score (nSPS) is 16.9. The average molecular weight is 251 g/mol. The van der Waals surface area contributed by atoms with Crippen molar-refractivity contribution >= 4 is 0 Å². The van der Waals surface area contributed by atoms with Crippen molar-refractivity contribution < 1.29 is 0 Å². The summed E-state index contributed by atoms with van der Waals surface area (Å²) in [4.78, 5) is 0. The molecule has 1 heteroatoms. The van der Waals surface area contributed by atoms with Gasteiger partial charge in [0.15, 0.2) is 0 Å². The van der Waals surface area contributed by atoms with Gasteiger partial charge in [-0.1, -0.05) is 61.0 Å². The van der Waals surface area contributed by atoms with Crippen molar-refractivity contribution in [1.29, 1.82) is 0 Å². The monoisotopic (exact) mass is 251 g/mol. The van der Waals surface area contributed by atoms with Gasteiger partial charge in [-0.05, 0) is 41.9 Å². The highest BCUT2D eigenvalue weighted by atomic mass is 14.6. The minimum absolute atomic E-state index is 0.0995. The molecular weight excluding hydrogens is 230 g/mol. The van der Waals surface area contributed by atoms with E-state index in [1.807, 2.05) is 6.07 Å². The SMILES string of the molecule is NC(Cc1ccccc1C1CCC1)c1ccccc1. The zero-order valence-electron chi connectivity index (χ0n) is 11.3. The number of nitrogens with two attached hydrogens (primary N) is 1. The molecule has 2 aromatic rings. The quantitative estimate of drug-likeness (QED) is 0.866. The third kappa shape index (κ3) is 2.71. The van der Waals surface area contributed by atoms with E-state index in [1.165, 1.54) is 36.0 Å². The van der Waals surface area contributed by atoms with Crippen molar-refractivity contribution in [3.63, 3.8) is 0 Å². The van der Waals surface area contributed by atoms with Crippen molar-refractivity contribution in [2.75, 3.05) is 0 Å². The third-order valence-corrected chi connectivity index (χ3v) is 4.27. The van der Waals surface area contributed by atoms with Crippen LogP contribution in [0.1, 0.15) is 47.9 Å². The molecule has 0 saturated heterocycles. The highest BCUT2D eigenvalue weighted by Gasteiger charge is 2.22. The summed E-state index contributed by atoms with van der Waals surface area (Å²) in [6.45, 7) is 0. The molecule has 0 spiro atoms. The van der Waals surface area contributed by atoms with Crippen LogP contribution < -0.4 is 5.73 Å². The third-order valence-electron chi connectivity index (χ3n) is 4.27. The topological polar surface area (TPSA) is 26.0 Å². The molecule has 2 N–H and O–H groups in total. The van der Waals surface area contributed by atoms with Crippen molar-refractivity contribution in [2.45, 2.75) is 37.6 Å². The van der Waals surface area contributed by atoms with Crippen LogP contribution in [0.25, 0.3) is 0 Å². The lowest BCUT2D eigenvalue weighted by Gasteiger charge is -2.28. The van der Waals surface area contributed by atoms with Gasteiger partial charge in [0.1, 0.15) is 0 Å². The number of benzene rings is 2. The van der Waals surface area contributed by atoms with Gasteiger partial charge in [0.25, 0.3) is 0 Å². The lowest BCUT2D eigenvalue weighted by molar-refractivity contribution is 0.416. The fraction of sp³-hybridized carbons (Fsp3) is 0.333. The van der Waals surface area contributed by atoms with Gasteiger partial charge < -0.3 is 5.73 Å². The van der Waals surface area contributed by atoms with Crippen LogP contribution in [-0.2, 0) is 6.42 Å². The lowest BCUT2D eigenvalue weighted by Crippen LogP contribution is -2.17. The Balaban J connectivity index is 1.79. The maximum absolute atomic E-state index is 6.36. The smallest absolute Gasteiger partial charge is 0.0335 e. The molecule has 1 atom stereocenters. The fourth-order valence-electron chi connectivity index (χ4n) is 2.89. The lowest BCUT2D eigenvalue weighted by atomic mass is 9.77. The molecule has 1 unspecified atom stereocenters. The van der Waals surface area contributed by atoms with Gasteiger partial charge in [-0.3, -0.25) is 0 Å². The Kier molecular flexibility index (Phi) is 3.65. The van der Waals surface area contributed by atoms with Gasteiger partial charge in [0.05, 0.1) is 0 Å². The molecule has 0 bridgehead atoms. The number of hydrogen-bond donors (Lipinski definition) is 1.